The van der Waals surface area contributed by atoms with Gasteiger partial charge in [0.2, 0.25) is 0 Å². The third-order valence-electron chi connectivity index (χ3n) is 3.42. The summed E-state index contributed by atoms with van der Waals surface area (Å²) in [5.74, 6) is -0.174. The Kier molecular flexibility index (Phi) is 5.36. The molecule has 1 aromatic rings. The van der Waals surface area contributed by atoms with E-state index in [-0.39, 0.29) is 12.0 Å². The van der Waals surface area contributed by atoms with Crippen LogP contribution in [0, 0.1) is 0 Å². The quantitative estimate of drug-likeness (QED) is 0.781. The molecule has 1 aliphatic rings. The number of methoxy groups -OCH3 is 1. The van der Waals surface area contributed by atoms with Gasteiger partial charge in [-0.3, -0.25) is 4.79 Å². The molecule has 19 heavy (non-hydrogen) atoms. The molecular weight excluding hydrogens is 262 g/mol. The van der Waals surface area contributed by atoms with E-state index in [0.717, 1.165) is 19.4 Å². The molecule has 1 aromatic heterocycles. The van der Waals surface area contributed by atoms with E-state index in [0.29, 0.717) is 18.6 Å². The van der Waals surface area contributed by atoms with Gasteiger partial charge in [-0.2, -0.15) is 0 Å². The molecule has 1 heterocycles. The minimum absolute atomic E-state index is 0.0556. The maximum absolute atomic E-state index is 11.5. The van der Waals surface area contributed by atoms with E-state index in [9.17, 15) is 4.79 Å². The van der Waals surface area contributed by atoms with Crippen LogP contribution >= 0.6 is 11.3 Å². The van der Waals surface area contributed by atoms with Crippen molar-refractivity contribution in [1.29, 1.82) is 0 Å². The highest BCUT2D eigenvalue weighted by Crippen LogP contribution is 2.29. The van der Waals surface area contributed by atoms with E-state index >= 15 is 0 Å². The van der Waals surface area contributed by atoms with Crippen LogP contribution in [0.5, 0.6) is 0 Å². The highest BCUT2D eigenvalue weighted by Gasteiger charge is 2.32. The summed E-state index contributed by atoms with van der Waals surface area (Å²) in [6.07, 6.45) is 2.81. The first kappa shape index (κ1) is 14.5. The van der Waals surface area contributed by atoms with Gasteiger partial charge in [-0.05, 0) is 31.2 Å². The van der Waals surface area contributed by atoms with E-state index in [1.165, 1.54) is 12.0 Å². The minimum Gasteiger partial charge on any atom is -0.469 e. The van der Waals surface area contributed by atoms with Crippen LogP contribution in [0.25, 0.3) is 0 Å². The molecule has 1 unspecified atom stereocenters. The Morgan fingerprint density at radius 3 is 2.95 bits per heavy atom. The highest BCUT2D eigenvalue weighted by molar-refractivity contribution is 7.10. The number of thiophene rings is 1. The third-order valence-corrected chi connectivity index (χ3v) is 4.41. The number of rotatable bonds is 7. The molecule has 1 saturated carbocycles. The summed E-state index contributed by atoms with van der Waals surface area (Å²) in [6, 6.07) is 4.56. The summed E-state index contributed by atoms with van der Waals surface area (Å²) in [6.45, 7) is 2.79. The fourth-order valence-electron chi connectivity index (χ4n) is 2.34. The minimum atomic E-state index is -0.174. The SMILES string of the molecule is CCOC1CC(NC(CC(=O)OC)c2cccs2)C1. The second-order valence-corrected chi connectivity index (χ2v) is 5.74. The molecule has 0 bridgehead atoms. The molecule has 0 amide bonds. The predicted octanol–water partition coefficient (Wildman–Crippen LogP) is 2.51. The van der Waals surface area contributed by atoms with Crippen LogP contribution in [0.4, 0.5) is 0 Å². The van der Waals surface area contributed by atoms with Gasteiger partial charge in [0.25, 0.3) is 0 Å². The van der Waals surface area contributed by atoms with Crippen molar-refractivity contribution >= 4 is 17.3 Å². The van der Waals surface area contributed by atoms with Crippen molar-refractivity contribution in [2.24, 2.45) is 0 Å². The number of carbonyl (C=O) groups excluding carboxylic acids is 1. The Hall–Kier alpha value is -0.910. The number of ether oxygens (including phenoxy) is 2. The Bertz CT molecular complexity index is 387. The molecule has 2 rings (SSSR count). The average molecular weight is 283 g/mol. The molecule has 1 aliphatic carbocycles. The second-order valence-electron chi connectivity index (χ2n) is 4.76. The van der Waals surface area contributed by atoms with Crippen molar-refractivity contribution in [3.8, 4) is 0 Å². The maximum atomic E-state index is 11.5. The van der Waals surface area contributed by atoms with E-state index in [1.54, 1.807) is 11.3 Å². The van der Waals surface area contributed by atoms with Crippen molar-refractivity contribution in [1.82, 2.24) is 5.32 Å². The van der Waals surface area contributed by atoms with Crippen LogP contribution in [-0.4, -0.2) is 31.8 Å². The van der Waals surface area contributed by atoms with Crippen molar-refractivity contribution in [3.63, 3.8) is 0 Å². The summed E-state index contributed by atoms with van der Waals surface area (Å²) < 4.78 is 10.3. The molecular formula is C14H21NO3S. The topological polar surface area (TPSA) is 47.6 Å². The standard InChI is InChI=1S/C14H21NO3S/c1-3-18-11-7-10(8-11)15-12(9-14(16)17-2)13-5-4-6-19-13/h4-6,10-12,15H,3,7-9H2,1-2H3. The molecule has 5 heteroatoms. The molecule has 106 valence electrons. The van der Waals surface area contributed by atoms with Gasteiger partial charge >= 0.3 is 5.97 Å². The summed E-state index contributed by atoms with van der Waals surface area (Å²) in [4.78, 5) is 12.7. The number of esters is 1. The number of nitrogens with one attached hydrogen (secondary N) is 1. The van der Waals surface area contributed by atoms with Crippen LogP contribution in [0.1, 0.15) is 37.1 Å². The molecule has 0 saturated heterocycles. The monoisotopic (exact) mass is 283 g/mol. The van der Waals surface area contributed by atoms with Gasteiger partial charge in [0.05, 0.1) is 25.7 Å². The summed E-state index contributed by atoms with van der Waals surface area (Å²) in [7, 11) is 1.43. The molecule has 0 radical (unpaired) electrons. The summed E-state index contributed by atoms with van der Waals surface area (Å²) >= 11 is 1.67. The lowest BCUT2D eigenvalue weighted by molar-refractivity contribution is -0.141. The number of hydrogen-bond acceptors (Lipinski definition) is 5. The Morgan fingerprint density at radius 2 is 2.37 bits per heavy atom. The highest BCUT2D eigenvalue weighted by atomic mass is 32.1. The van der Waals surface area contributed by atoms with Crippen LogP contribution in [0.3, 0.4) is 0 Å². The first-order valence-corrected chi connectivity index (χ1v) is 7.58. The van der Waals surface area contributed by atoms with Crippen molar-refractivity contribution in [2.45, 2.75) is 44.4 Å². The van der Waals surface area contributed by atoms with Crippen LogP contribution < -0.4 is 5.32 Å². The maximum Gasteiger partial charge on any atom is 0.307 e. The lowest BCUT2D eigenvalue weighted by atomic mass is 9.88. The van der Waals surface area contributed by atoms with Gasteiger partial charge in [-0.25, -0.2) is 0 Å². The summed E-state index contributed by atoms with van der Waals surface area (Å²) in [5, 5.41) is 5.57. The molecule has 1 fully saturated rings. The smallest absolute Gasteiger partial charge is 0.307 e. The van der Waals surface area contributed by atoms with Crippen LogP contribution in [-0.2, 0) is 14.3 Å². The average Bonchev–Trinajstić information content (AvgIpc) is 2.88. The van der Waals surface area contributed by atoms with Gasteiger partial charge in [0, 0.05) is 17.5 Å². The van der Waals surface area contributed by atoms with Gasteiger partial charge in [0.15, 0.2) is 0 Å². The van der Waals surface area contributed by atoms with E-state index in [1.807, 2.05) is 18.4 Å². The van der Waals surface area contributed by atoms with Gasteiger partial charge in [0.1, 0.15) is 0 Å². The normalized spacial score (nSPS) is 23.7. The zero-order valence-corrected chi connectivity index (χ0v) is 12.2. The zero-order chi connectivity index (χ0) is 13.7. The lowest BCUT2D eigenvalue weighted by Gasteiger charge is -2.37. The van der Waals surface area contributed by atoms with Gasteiger partial charge < -0.3 is 14.8 Å². The number of carbonyl (C=O) groups is 1. The van der Waals surface area contributed by atoms with E-state index in [4.69, 9.17) is 9.47 Å². The van der Waals surface area contributed by atoms with Crippen molar-refractivity contribution < 1.29 is 14.3 Å². The first-order valence-electron chi connectivity index (χ1n) is 6.70. The third kappa shape index (κ3) is 4.03. The molecule has 4 nitrogen and oxygen atoms in total. The van der Waals surface area contributed by atoms with Crippen molar-refractivity contribution in [3.05, 3.63) is 22.4 Å². The lowest BCUT2D eigenvalue weighted by Crippen LogP contribution is -2.47. The number of hydrogen-bond donors (Lipinski definition) is 1. The molecule has 0 spiro atoms. The molecule has 0 aromatic carbocycles. The predicted molar refractivity (Wildman–Crippen MR) is 75.3 cm³/mol. The molecule has 1 atom stereocenters. The fourth-order valence-corrected chi connectivity index (χ4v) is 3.13. The van der Waals surface area contributed by atoms with Crippen molar-refractivity contribution in [2.75, 3.05) is 13.7 Å². The van der Waals surface area contributed by atoms with E-state index in [2.05, 4.69) is 11.4 Å². The fraction of sp³-hybridized carbons (Fsp3) is 0.643. The Balaban J connectivity index is 1.87. The zero-order valence-electron chi connectivity index (χ0n) is 11.4. The van der Waals surface area contributed by atoms with Crippen LogP contribution in [0.2, 0.25) is 0 Å². The Morgan fingerprint density at radius 1 is 1.58 bits per heavy atom. The van der Waals surface area contributed by atoms with Gasteiger partial charge in [-0.1, -0.05) is 6.07 Å². The Labute approximate surface area is 118 Å². The second kappa shape index (κ2) is 7.03. The van der Waals surface area contributed by atoms with Crippen LogP contribution in [0.15, 0.2) is 17.5 Å². The molecule has 1 N–H and O–H groups in total. The van der Waals surface area contributed by atoms with E-state index < -0.39 is 0 Å². The van der Waals surface area contributed by atoms with Gasteiger partial charge in [-0.15, -0.1) is 11.3 Å². The summed E-state index contributed by atoms with van der Waals surface area (Å²) in [5.41, 5.74) is 0. The largest absolute Gasteiger partial charge is 0.469 e. The molecule has 0 aliphatic heterocycles. The first-order chi connectivity index (χ1) is 9.22.